The third-order valence-electron chi connectivity index (χ3n) is 9.30. The van der Waals surface area contributed by atoms with E-state index in [0.29, 0.717) is 42.4 Å². The van der Waals surface area contributed by atoms with E-state index in [4.69, 9.17) is 83.5 Å². The maximum Gasteiger partial charge on any atom is 0.241 e. The van der Waals surface area contributed by atoms with Crippen LogP contribution in [0.4, 0.5) is 11.6 Å². The van der Waals surface area contributed by atoms with Gasteiger partial charge in [0.05, 0.1) is 55.6 Å². The summed E-state index contributed by atoms with van der Waals surface area (Å²) in [7, 11) is -7.21. The second-order valence-electron chi connectivity index (χ2n) is 15.0. The highest BCUT2D eigenvalue weighted by molar-refractivity contribution is 7.90. The number of aliphatic imine (C=N–C) groups is 2. The van der Waals surface area contributed by atoms with Crippen LogP contribution >= 0.6 is 46.4 Å². The maximum atomic E-state index is 12.6. The zero-order valence-electron chi connectivity index (χ0n) is 38.2. The molecular formula is C41H50Cl4N12O11S3. The number of aromatic nitrogens is 3. The van der Waals surface area contributed by atoms with Crippen molar-refractivity contribution in [3.8, 4) is 0 Å². The van der Waals surface area contributed by atoms with Crippen molar-refractivity contribution in [1.82, 2.24) is 29.1 Å². The largest absolute Gasteiger partial charge is 0.383 e. The van der Waals surface area contributed by atoms with Gasteiger partial charge in [0.25, 0.3) is 0 Å². The van der Waals surface area contributed by atoms with Crippen molar-refractivity contribution in [2.24, 2.45) is 32.9 Å². The molecule has 23 nitrogen and oxygen atoms in total. The van der Waals surface area contributed by atoms with Gasteiger partial charge in [-0.3, -0.25) is 0 Å². The van der Waals surface area contributed by atoms with Gasteiger partial charge >= 0.3 is 0 Å². The first-order chi connectivity index (χ1) is 33.2. The van der Waals surface area contributed by atoms with Crippen molar-refractivity contribution in [2.45, 2.75) is 52.9 Å². The minimum atomic E-state index is -4.11. The molecule has 0 aliphatic rings. The number of nitrogens with one attached hydrogen (secondary N) is 3. The summed E-state index contributed by atoms with van der Waals surface area (Å²) in [6.45, 7) is 3.70. The van der Waals surface area contributed by atoms with Gasteiger partial charge in [0, 0.05) is 84.3 Å². The summed E-state index contributed by atoms with van der Waals surface area (Å²) in [4.78, 5) is 19.7. The van der Waals surface area contributed by atoms with Crippen LogP contribution < -0.4 is 37.1 Å². The monoisotopic (exact) mass is 1120 g/mol. The minimum Gasteiger partial charge on any atom is -0.383 e. The molecule has 0 saturated heterocycles. The van der Waals surface area contributed by atoms with Gasteiger partial charge < -0.3 is 47.4 Å². The van der Waals surface area contributed by atoms with E-state index in [2.05, 4.69) is 39.1 Å². The lowest BCUT2D eigenvalue weighted by atomic mass is 10.1. The number of sulfonamides is 3. The maximum absolute atomic E-state index is 12.6. The lowest BCUT2D eigenvalue weighted by Crippen LogP contribution is -2.46. The van der Waals surface area contributed by atoms with E-state index < -0.39 is 42.4 Å². The van der Waals surface area contributed by atoms with Gasteiger partial charge in [-0.25, -0.2) is 54.4 Å². The Morgan fingerprint density at radius 1 is 0.549 bits per heavy atom. The topological polar surface area (TPSA) is 374 Å². The van der Waals surface area contributed by atoms with Crippen LogP contribution in [0.3, 0.4) is 0 Å². The number of guanidine groups is 2. The third kappa shape index (κ3) is 16.1. The van der Waals surface area contributed by atoms with Gasteiger partial charge in [0.15, 0.2) is 29.8 Å². The standard InChI is InChI=1S/C14H18ClN5O5S.C14H18ClN5O3S.C13H14Cl2N2O3S/c1-25-6-11(13(21)22)20-26(23,24)7-2-3-8-9(4-7)12(19-14(16)17)18-5-10(8)15;1-8(7-23-2)20-24(21,22)9-3-4-10-11(5-9)13(19-14(16)17)18-6-12(10)15;1-8(7-20-2)17-21(18,19)9-3-4-10-11(5-9)13(15)16-6-12(10)14/h2-5,11,13,20-22H,6H2,1H3,(H4,16,17,18,19);3-6,8,20H,7H2,1-2H3,(H4,16,17,18,19);3-6,8,17H,7H2,1-2H3/t11-;2*8-/m100/s1. The highest BCUT2D eigenvalue weighted by Crippen LogP contribution is 2.33. The molecule has 71 heavy (non-hydrogen) atoms. The number of aliphatic hydroxyl groups is 2. The Balaban J connectivity index is 0.000000233. The van der Waals surface area contributed by atoms with E-state index in [9.17, 15) is 35.5 Å². The molecule has 0 aliphatic carbocycles. The molecule has 3 aromatic carbocycles. The van der Waals surface area contributed by atoms with E-state index in [1.165, 1.54) is 82.4 Å². The lowest BCUT2D eigenvalue weighted by Gasteiger charge is -2.19. The Kier molecular flexibility index (Phi) is 21.2. The molecule has 0 radical (unpaired) electrons. The number of hydrogen-bond donors (Lipinski definition) is 9. The number of halogens is 4. The average molecular weight is 1120 g/mol. The molecule has 6 aromatic rings. The number of hydrogen-bond acceptors (Lipinski definition) is 16. The molecular weight excluding hydrogens is 1070 g/mol. The van der Waals surface area contributed by atoms with Crippen LogP contribution in [0.5, 0.6) is 0 Å². The average Bonchev–Trinajstić information content (AvgIpc) is 3.29. The summed E-state index contributed by atoms with van der Waals surface area (Å²) in [6.07, 6.45) is 2.23. The molecule has 30 heteroatoms. The molecule has 13 N–H and O–H groups in total. The summed E-state index contributed by atoms with van der Waals surface area (Å²) in [6, 6.07) is 11.1. The van der Waals surface area contributed by atoms with Crippen LogP contribution in [0, 0.1) is 0 Å². The van der Waals surface area contributed by atoms with Crippen molar-refractivity contribution >= 4 is 132 Å². The number of aliphatic hydroxyl groups excluding tert-OH is 1. The van der Waals surface area contributed by atoms with Crippen molar-refractivity contribution in [3.63, 3.8) is 0 Å². The summed E-state index contributed by atoms with van der Waals surface area (Å²) in [5, 5.41) is 22.8. The second-order valence-corrected chi connectivity index (χ2v) is 21.7. The Morgan fingerprint density at radius 2 is 0.887 bits per heavy atom. The minimum absolute atomic E-state index is 0.0501. The number of nitrogens with two attached hydrogens (primary N) is 4. The van der Waals surface area contributed by atoms with Crippen LogP contribution in [-0.2, 0) is 44.3 Å². The molecule has 0 spiro atoms. The SMILES string of the molecule is COC[C@@H](NS(=O)(=O)c1ccc2c(Cl)cnc(N=C(N)N)c2c1)C(O)O.COC[C@H](C)NS(=O)(=O)c1ccc2c(Cl)cnc(Cl)c2c1.COC[C@H](C)NS(=O)(=O)c1ccc2c(Cl)cnc(N=C(N)N)c2c1. The van der Waals surface area contributed by atoms with E-state index in [0.717, 1.165) is 0 Å². The molecule has 3 atom stereocenters. The van der Waals surface area contributed by atoms with Crippen molar-refractivity contribution in [2.75, 3.05) is 41.2 Å². The fourth-order valence-electron chi connectivity index (χ4n) is 6.29. The highest BCUT2D eigenvalue weighted by Gasteiger charge is 2.26. The predicted molar refractivity (Wildman–Crippen MR) is 274 cm³/mol. The molecule has 3 aromatic heterocycles. The van der Waals surface area contributed by atoms with Crippen molar-refractivity contribution in [1.29, 1.82) is 0 Å². The summed E-state index contributed by atoms with van der Waals surface area (Å²) in [5.41, 5.74) is 21.5. The van der Waals surface area contributed by atoms with Crippen LogP contribution in [0.1, 0.15) is 13.8 Å². The zero-order chi connectivity index (χ0) is 53.0. The molecule has 0 amide bonds. The first kappa shape index (κ1) is 58.7. The number of fused-ring (bicyclic) bond motifs is 3. The fourth-order valence-corrected chi connectivity index (χ4v) is 10.9. The lowest BCUT2D eigenvalue weighted by molar-refractivity contribution is -0.0761. The smallest absolute Gasteiger partial charge is 0.241 e. The van der Waals surface area contributed by atoms with Gasteiger partial charge in [-0.2, -0.15) is 9.98 Å². The number of rotatable bonds is 18. The van der Waals surface area contributed by atoms with Gasteiger partial charge in [0.2, 0.25) is 30.1 Å². The first-order valence-electron chi connectivity index (χ1n) is 20.2. The zero-order valence-corrected chi connectivity index (χ0v) is 43.7. The number of methoxy groups -OCH3 is 3. The fraction of sp³-hybridized carbons (Fsp3) is 0.293. The Labute approximate surface area is 429 Å². The summed E-state index contributed by atoms with van der Waals surface area (Å²) in [5.74, 6) is -0.157. The summed E-state index contributed by atoms with van der Waals surface area (Å²) >= 11 is 24.2. The van der Waals surface area contributed by atoms with E-state index in [1.807, 2.05) is 0 Å². The molecule has 6 rings (SSSR count). The third-order valence-corrected chi connectivity index (χ3v) is 15.2. The molecule has 0 fully saturated rings. The summed E-state index contributed by atoms with van der Waals surface area (Å²) < 4.78 is 96.5. The van der Waals surface area contributed by atoms with Crippen LogP contribution in [0.2, 0.25) is 20.2 Å². The number of ether oxygens (including phenoxy) is 3. The Bertz CT molecular complexity index is 3260. The normalized spacial score (nSPS) is 13.2. The molecule has 0 bridgehead atoms. The van der Waals surface area contributed by atoms with E-state index in [1.54, 1.807) is 26.0 Å². The number of benzene rings is 3. The molecule has 3 heterocycles. The second kappa shape index (κ2) is 25.7. The van der Waals surface area contributed by atoms with Gasteiger partial charge in [0.1, 0.15) is 5.15 Å². The number of nitrogens with zero attached hydrogens (tertiary/aromatic N) is 5. The van der Waals surface area contributed by atoms with Crippen LogP contribution in [-0.4, -0.2) is 128 Å². The first-order valence-corrected chi connectivity index (χ1v) is 26.2. The van der Waals surface area contributed by atoms with E-state index in [-0.39, 0.29) is 80.3 Å². The van der Waals surface area contributed by atoms with Gasteiger partial charge in [-0.1, -0.05) is 64.6 Å². The quantitative estimate of drug-likeness (QED) is 0.0258. The van der Waals surface area contributed by atoms with Crippen LogP contribution in [0.25, 0.3) is 32.3 Å². The highest BCUT2D eigenvalue weighted by atomic mass is 35.5. The molecule has 386 valence electrons. The Hall–Kier alpha value is -4.88. The van der Waals surface area contributed by atoms with Crippen molar-refractivity contribution < 1.29 is 49.7 Å². The molecule has 0 unspecified atom stereocenters. The molecule has 0 saturated carbocycles. The van der Waals surface area contributed by atoms with Gasteiger partial charge in [-0.15, -0.1) is 0 Å². The van der Waals surface area contributed by atoms with Gasteiger partial charge in [-0.05, 0) is 50.2 Å². The predicted octanol–water partition coefficient (Wildman–Crippen LogP) is 3.36. The van der Waals surface area contributed by atoms with Crippen molar-refractivity contribution in [3.05, 3.63) is 93.4 Å². The number of pyridine rings is 3. The van der Waals surface area contributed by atoms with Crippen LogP contribution in [0.15, 0.2) is 97.9 Å². The Morgan fingerprint density at radius 3 is 1.24 bits per heavy atom. The molecule has 0 aliphatic heterocycles. The van der Waals surface area contributed by atoms with E-state index >= 15 is 0 Å².